The summed E-state index contributed by atoms with van der Waals surface area (Å²) in [6.07, 6.45) is 9.52. The Hall–Kier alpha value is -3.92. The molecule has 0 unspecified atom stereocenters. The molecule has 0 saturated carbocycles. The molecular formula is C30H32N6. The number of rotatable bonds is 6. The molecule has 1 aliphatic rings. The molecule has 0 aliphatic carbocycles. The summed E-state index contributed by atoms with van der Waals surface area (Å²) in [5, 5.41) is 14.5. The minimum Gasteiger partial charge on any atom is -0.361 e. The third-order valence-electron chi connectivity index (χ3n) is 7.14. The number of aromatic amines is 1. The van der Waals surface area contributed by atoms with Gasteiger partial charge < -0.3 is 15.2 Å². The van der Waals surface area contributed by atoms with Crippen molar-refractivity contribution in [2.75, 3.05) is 38.5 Å². The number of aromatic nitrogens is 2. The van der Waals surface area contributed by atoms with Crippen molar-refractivity contribution in [1.82, 2.24) is 19.8 Å². The predicted octanol–water partition coefficient (Wildman–Crippen LogP) is 5.71. The molecule has 182 valence electrons. The number of nitrogens with zero attached hydrogens (tertiary/aromatic N) is 4. The van der Waals surface area contributed by atoms with Crippen molar-refractivity contribution >= 4 is 34.4 Å². The van der Waals surface area contributed by atoms with Crippen molar-refractivity contribution in [3.8, 4) is 6.07 Å². The standard InChI is InChI=1S/C30H32N6/c1-21-16-23(20-36-14-12-35(3)13-15-36)4-5-24(21)6-7-25-18-32-19-26(17-31)30(25)34-28-8-9-29-27(22(28)2)10-11-33-29/h4-11,16,18-19,33H,12-15,20H2,1-3H3,(H,32,34)/b7-6+. The van der Waals surface area contributed by atoms with Crippen LogP contribution < -0.4 is 5.32 Å². The molecule has 4 aromatic rings. The smallest absolute Gasteiger partial charge is 0.103 e. The van der Waals surface area contributed by atoms with Gasteiger partial charge in [-0.05, 0) is 61.3 Å². The highest BCUT2D eigenvalue weighted by Crippen LogP contribution is 2.31. The van der Waals surface area contributed by atoms with Gasteiger partial charge in [0.05, 0.1) is 11.3 Å². The summed E-state index contributed by atoms with van der Waals surface area (Å²) in [5.41, 5.74) is 9.13. The number of piperazine rings is 1. The molecule has 6 nitrogen and oxygen atoms in total. The first kappa shape index (κ1) is 23.8. The molecule has 0 amide bonds. The van der Waals surface area contributed by atoms with Crippen LogP contribution in [0.4, 0.5) is 11.4 Å². The SMILES string of the molecule is Cc1cc(CN2CCN(C)CC2)ccc1/C=C/c1cncc(C#N)c1Nc1ccc2[nH]ccc2c1C. The lowest BCUT2D eigenvalue weighted by Crippen LogP contribution is -2.43. The fourth-order valence-electron chi connectivity index (χ4n) is 4.85. The average Bonchev–Trinajstić information content (AvgIpc) is 3.37. The molecule has 1 aliphatic heterocycles. The van der Waals surface area contributed by atoms with Crippen molar-refractivity contribution in [1.29, 1.82) is 5.26 Å². The van der Waals surface area contributed by atoms with E-state index in [9.17, 15) is 5.26 Å². The Labute approximate surface area is 212 Å². The molecule has 6 heteroatoms. The van der Waals surface area contributed by atoms with Gasteiger partial charge >= 0.3 is 0 Å². The van der Waals surface area contributed by atoms with Gasteiger partial charge in [-0.15, -0.1) is 0 Å². The lowest BCUT2D eigenvalue weighted by atomic mass is 10.0. The quantitative estimate of drug-likeness (QED) is 0.373. The normalized spacial score (nSPS) is 14.9. The summed E-state index contributed by atoms with van der Waals surface area (Å²) in [5.74, 6) is 0. The van der Waals surface area contributed by atoms with Gasteiger partial charge in [-0.3, -0.25) is 9.88 Å². The van der Waals surface area contributed by atoms with E-state index in [1.54, 1.807) is 12.4 Å². The number of fused-ring (bicyclic) bond motifs is 1. The van der Waals surface area contributed by atoms with Crippen molar-refractivity contribution < 1.29 is 0 Å². The molecule has 2 N–H and O–H groups in total. The van der Waals surface area contributed by atoms with Gasteiger partial charge in [0.25, 0.3) is 0 Å². The number of anilines is 2. The number of nitrogens with one attached hydrogen (secondary N) is 2. The van der Waals surface area contributed by atoms with Gasteiger partial charge in [0.1, 0.15) is 6.07 Å². The summed E-state index contributed by atoms with van der Waals surface area (Å²) >= 11 is 0. The summed E-state index contributed by atoms with van der Waals surface area (Å²) in [4.78, 5) is 12.5. The number of hydrogen-bond acceptors (Lipinski definition) is 5. The fraction of sp³-hybridized carbons (Fsp3) is 0.267. The highest BCUT2D eigenvalue weighted by Gasteiger charge is 2.14. The molecule has 0 radical (unpaired) electrons. The topological polar surface area (TPSA) is 71.0 Å². The van der Waals surface area contributed by atoms with Gasteiger partial charge in [-0.2, -0.15) is 5.26 Å². The van der Waals surface area contributed by atoms with Gasteiger partial charge in [0.15, 0.2) is 0 Å². The minimum atomic E-state index is 0.518. The maximum atomic E-state index is 9.77. The first-order chi connectivity index (χ1) is 17.5. The van der Waals surface area contributed by atoms with Crippen LogP contribution in [0.5, 0.6) is 0 Å². The number of aryl methyl sites for hydroxylation is 2. The lowest BCUT2D eigenvalue weighted by Gasteiger charge is -2.32. The lowest BCUT2D eigenvalue weighted by molar-refractivity contribution is 0.148. The van der Waals surface area contributed by atoms with Crippen LogP contribution in [0.3, 0.4) is 0 Å². The van der Waals surface area contributed by atoms with Crippen LogP contribution in [0.25, 0.3) is 23.1 Å². The molecule has 2 aromatic carbocycles. The largest absolute Gasteiger partial charge is 0.361 e. The number of nitriles is 1. The number of hydrogen-bond donors (Lipinski definition) is 2. The Kier molecular flexibility index (Phi) is 6.86. The van der Waals surface area contributed by atoms with E-state index in [0.717, 1.165) is 71.7 Å². The second kappa shape index (κ2) is 10.4. The molecule has 0 bridgehead atoms. The van der Waals surface area contributed by atoms with Crippen molar-refractivity contribution in [2.45, 2.75) is 20.4 Å². The zero-order valence-electron chi connectivity index (χ0n) is 21.2. The highest BCUT2D eigenvalue weighted by molar-refractivity contribution is 5.90. The third kappa shape index (κ3) is 5.03. The molecular weight excluding hydrogens is 444 g/mol. The molecule has 1 fully saturated rings. The Morgan fingerprint density at radius 1 is 1.03 bits per heavy atom. The first-order valence-electron chi connectivity index (χ1n) is 12.4. The number of H-pyrrole nitrogens is 1. The second-order valence-electron chi connectivity index (χ2n) is 9.67. The van der Waals surface area contributed by atoms with E-state index in [2.05, 4.69) is 88.5 Å². The summed E-state index contributed by atoms with van der Waals surface area (Å²) in [6, 6.07) is 15.2. The van der Waals surface area contributed by atoms with E-state index in [1.165, 1.54) is 11.1 Å². The van der Waals surface area contributed by atoms with E-state index in [0.29, 0.717) is 5.56 Å². The summed E-state index contributed by atoms with van der Waals surface area (Å²) in [7, 11) is 2.19. The fourth-order valence-corrected chi connectivity index (χ4v) is 4.85. The van der Waals surface area contributed by atoms with E-state index in [-0.39, 0.29) is 0 Å². The van der Waals surface area contributed by atoms with E-state index in [1.807, 2.05) is 18.3 Å². The molecule has 1 saturated heterocycles. The van der Waals surface area contributed by atoms with Crippen LogP contribution in [0.15, 0.2) is 55.0 Å². The Morgan fingerprint density at radius 3 is 2.61 bits per heavy atom. The molecule has 5 rings (SSSR count). The van der Waals surface area contributed by atoms with Crippen LogP contribution in [-0.4, -0.2) is 53.0 Å². The molecule has 0 spiro atoms. The zero-order chi connectivity index (χ0) is 25.1. The summed E-state index contributed by atoms with van der Waals surface area (Å²) < 4.78 is 0. The van der Waals surface area contributed by atoms with Crippen LogP contribution in [-0.2, 0) is 6.54 Å². The average molecular weight is 477 g/mol. The van der Waals surface area contributed by atoms with Gasteiger partial charge in [0.2, 0.25) is 0 Å². The predicted molar refractivity (Wildman–Crippen MR) is 148 cm³/mol. The number of likely N-dealkylation sites (N-methyl/N-ethyl adjacent to an activating group) is 1. The Balaban J connectivity index is 1.38. The zero-order valence-corrected chi connectivity index (χ0v) is 21.2. The van der Waals surface area contributed by atoms with Crippen molar-refractivity contribution in [3.05, 3.63) is 88.4 Å². The molecule has 36 heavy (non-hydrogen) atoms. The Bertz CT molecular complexity index is 1450. The monoisotopic (exact) mass is 476 g/mol. The molecule has 3 heterocycles. The molecule has 2 aromatic heterocycles. The second-order valence-corrected chi connectivity index (χ2v) is 9.67. The van der Waals surface area contributed by atoms with E-state index < -0.39 is 0 Å². The highest BCUT2D eigenvalue weighted by atomic mass is 15.2. The van der Waals surface area contributed by atoms with Crippen LogP contribution >= 0.6 is 0 Å². The van der Waals surface area contributed by atoms with Gasteiger partial charge in [0, 0.05) is 73.5 Å². The third-order valence-corrected chi connectivity index (χ3v) is 7.14. The van der Waals surface area contributed by atoms with Crippen LogP contribution in [0.2, 0.25) is 0 Å². The van der Waals surface area contributed by atoms with Gasteiger partial charge in [-0.25, -0.2) is 0 Å². The number of pyridine rings is 1. The van der Waals surface area contributed by atoms with E-state index >= 15 is 0 Å². The van der Waals surface area contributed by atoms with E-state index in [4.69, 9.17) is 0 Å². The van der Waals surface area contributed by atoms with Crippen LogP contribution in [0.1, 0.15) is 33.4 Å². The van der Waals surface area contributed by atoms with Crippen molar-refractivity contribution in [3.63, 3.8) is 0 Å². The minimum absolute atomic E-state index is 0.518. The van der Waals surface area contributed by atoms with Crippen LogP contribution in [0, 0.1) is 25.2 Å². The number of benzene rings is 2. The Morgan fingerprint density at radius 2 is 1.83 bits per heavy atom. The van der Waals surface area contributed by atoms with Gasteiger partial charge in [-0.1, -0.05) is 30.4 Å². The summed E-state index contributed by atoms with van der Waals surface area (Å²) in [6.45, 7) is 9.73. The maximum Gasteiger partial charge on any atom is 0.103 e. The maximum absolute atomic E-state index is 9.77. The van der Waals surface area contributed by atoms with Crippen molar-refractivity contribution in [2.24, 2.45) is 0 Å². The molecule has 0 atom stereocenters. The first-order valence-corrected chi connectivity index (χ1v) is 12.4.